The molecule has 5 amide bonds. The van der Waals surface area contributed by atoms with E-state index in [1.807, 2.05) is 85.2 Å². The lowest BCUT2D eigenvalue weighted by atomic mass is 9.95. The number of thiazole rings is 2. The van der Waals surface area contributed by atoms with E-state index in [9.17, 15) is 32.3 Å². The van der Waals surface area contributed by atoms with Gasteiger partial charge in [0.2, 0.25) is 5.91 Å². The van der Waals surface area contributed by atoms with Gasteiger partial charge in [-0.15, -0.1) is 22.7 Å². The number of aromatic nitrogens is 2. The fourth-order valence-electron chi connectivity index (χ4n) is 6.46. The largest absolute Gasteiger partial charge is 0.471 e. The van der Waals surface area contributed by atoms with Crippen LogP contribution in [0.3, 0.4) is 0 Å². The van der Waals surface area contributed by atoms with E-state index in [2.05, 4.69) is 20.6 Å². The minimum Gasteiger partial charge on any atom is -0.444 e. The maximum Gasteiger partial charge on any atom is 0.471 e. The number of likely N-dealkylation sites (tertiary alicyclic amines) is 1. The highest BCUT2D eigenvalue weighted by atomic mass is 32.1. The second-order valence-corrected chi connectivity index (χ2v) is 16.0. The first-order chi connectivity index (χ1) is 26.7. The minimum absolute atomic E-state index is 0.0697. The molecule has 3 heterocycles. The van der Waals surface area contributed by atoms with Gasteiger partial charge >= 0.3 is 24.2 Å². The van der Waals surface area contributed by atoms with Gasteiger partial charge in [0.05, 0.1) is 27.6 Å². The number of nitrogens with one attached hydrogen (secondary N) is 3. The topological polar surface area (TPSA) is 146 Å². The Hall–Kier alpha value is -5.03. The van der Waals surface area contributed by atoms with Crippen LogP contribution in [0.4, 0.5) is 22.8 Å². The Morgan fingerprint density at radius 2 is 1.57 bits per heavy atom. The van der Waals surface area contributed by atoms with Gasteiger partial charge in [-0.25, -0.2) is 14.6 Å². The van der Waals surface area contributed by atoms with Gasteiger partial charge in [0, 0.05) is 49.2 Å². The minimum atomic E-state index is -5.14. The van der Waals surface area contributed by atoms with Crippen LogP contribution in [0.1, 0.15) is 65.7 Å². The van der Waals surface area contributed by atoms with Crippen molar-refractivity contribution < 1.29 is 37.1 Å². The zero-order valence-corrected chi connectivity index (χ0v) is 33.0. The molecule has 56 heavy (non-hydrogen) atoms. The van der Waals surface area contributed by atoms with Crippen LogP contribution in [0, 0.1) is 0 Å². The number of nitrogens with zero attached hydrogens (tertiary/aromatic N) is 4. The summed E-state index contributed by atoms with van der Waals surface area (Å²) in [6.07, 6.45) is -2.62. The molecule has 17 heteroatoms. The second kappa shape index (κ2) is 19.7. The molecule has 0 radical (unpaired) electrons. The number of ether oxygens (including phenoxy) is 1. The van der Waals surface area contributed by atoms with Crippen molar-refractivity contribution in [2.24, 2.45) is 0 Å². The molecule has 0 bridgehead atoms. The molecule has 5 rings (SSSR count). The molecule has 1 fully saturated rings. The highest BCUT2D eigenvalue weighted by Crippen LogP contribution is 2.25. The summed E-state index contributed by atoms with van der Waals surface area (Å²) in [5.74, 6) is -2.52. The highest BCUT2D eigenvalue weighted by molar-refractivity contribution is 7.09. The number of halogens is 3. The molecule has 4 atom stereocenters. The van der Waals surface area contributed by atoms with E-state index in [-0.39, 0.29) is 38.1 Å². The lowest BCUT2D eigenvalue weighted by molar-refractivity contribution is -0.174. The molecule has 4 unspecified atom stereocenters. The first-order valence-corrected chi connectivity index (χ1v) is 20.0. The van der Waals surface area contributed by atoms with Crippen LogP contribution in [0.25, 0.3) is 0 Å². The Kier molecular flexibility index (Phi) is 14.8. The third-order valence-corrected chi connectivity index (χ3v) is 11.2. The van der Waals surface area contributed by atoms with Crippen molar-refractivity contribution in [3.63, 3.8) is 0 Å². The third-order valence-electron chi connectivity index (χ3n) is 9.24. The lowest BCUT2D eigenvalue weighted by Gasteiger charge is -2.30. The first-order valence-electron chi connectivity index (χ1n) is 18.3. The van der Waals surface area contributed by atoms with E-state index in [4.69, 9.17) is 4.74 Å². The van der Waals surface area contributed by atoms with Crippen LogP contribution < -0.4 is 16.0 Å². The number of rotatable bonds is 16. The van der Waals surface area contributed by atoms with Crippen molar-refractivity contribution in [1.82, 2.24) is 35.7 Å². The van der Waals surface area contributed by atoms with E-state index >= 15 is 0 Å². The molecule has 1 saturated heterocycles. The van der Waals surface area contributed by atoms with Crippen molar-refractivity contribution >= 4 is 46.6 Å². The molecule has 0 saturated carbocycles. The second-order valence-electron chi connectivity index (χ2n) is 14.1. The Labute approximate surface area is 331 Å². The van der Waals surface area contributed by atoms with E-state index in [1.54, 1.807) is 11.7 Å². The summed E-state index contributed by atoms with van der Waals surface area (Å²) in [4.78, 5) is 64.9. The predicted octanol–water partition coefficient (Wildman–Crippen LogP) is 6.44. The van der Waals surface area contributed by atoms with Gasteiger partial charge in [-0.3, -0.25) is 14.6 Å². The monoisotopic (exact) mass is 813 g/mol. The average Bonchev–Trinajstić information content (AvgIpc) is 3.95. The van der Waals surface area contributed by atoms with Gasteiger partial charge in [0.25, 0.3) is 0 Å². The standard InChI is InChI=1S/C39H46F3N7O5S2/c1-25(2)35-45-31(23-55-35)20-48(3)38(53)49-21-30(46-36(51)39(40,41)42)18-33(49)34(50)44-28(16-26-10-6-4-7-11-26)14-15-29(17-27-12-8-5-9-13-27)47-37(52)54-22-32-19-43-24-56-32/h4-13,19,23-25,28-30,33H,14-18,20-22H2,1-3H3,(H,44,50)(H,46,51)(H,47,52). The Bertz CT molecular complexity index is 1880. The number of carbonyl (C=O) groups is 4. The van der Waals surface area contributed by atoms with Crippen LogP contribution in [0.5, 0.6) is 0 Å². The number of alkyl carbamates (subject to hydrolysis) is 1. The molecule has 2 aromatic heterocycles. The van der Waals surface area contributed by atoms with Gasteiger partial charge < -0.3 is 30.5 Å². The quantitative estimate of drug-likeness (QED) is 0.118. The number of benzene rings is 2. The number of urea groups is 1. The Balaban J connectivity index is 1.33. The number of hydrogen-bond acceptors (Lipinski definition) is 9. The summed E-state index contributed by atoms with van der Waals surface area (Å²) in [6, 6.07) is 15.3. The summed E-state index contributed by atoms with van der Waals surface area (Å²) in [7, 11) is 1.54. The molecule has 300 valence electrons. The van der Waals surface area contributed by atoms with Crippen molar-refractivity contribution in [1.29, 1.82) is 0 Å². The fraction of sp³-hybridized carbons (Fsp3) is 0.436. The molecule has 12 nitrogen and oxygen atoms in total. The van der Waals surface area contributed by atoms with Crippen LogP contribution in [0.15, 0.2) is 77.8 Å². The van der Waals surface area contributed by atoms with Crippen molar-refractivity contribution in [2.75, 3.05) is 13.6 Å². The number of amides is 5. The molecular formula is C39H46F3N7O5S2. The van der Waals surface area contributed by atoms with E-state index < -0.39 is 48.2 Å². The SMILES string of the molecule is CC(C)c1nc(CN(C)C(=O)N2CC(NC(=O)C(F)(F)F)CC2C(=O)NC(CCC(Cc2ccccc2)NC(=O)OCc2cncs2)Cc2ccccc2)cs1. The summed E-state index contributed by atoms with van der Waals surface area (Å²) in [6.45, 7) is 3.90. The summed E-state index contributed by atoms with van der Waals surface area (Å²) >= 11 is 2.83. The van der Waals surface area contributed by atoms with Crippen LogP contribution in [-0.2, 0) is 40.3 Å². The van der Waals surface area contributed by atoms with Crippen LogP contribution in [-0.4, -0.2) is 87.6 Å². The van der Waals surface area contributed by atoms with Gasteiger partial charge in [-0.2, -0.15) is 13.2 Å². The van der Waals surface area contributed by atoms with Crippen LogP contribution >= 0.6 is 22.7 Å². The van der Waals surface area contributed by atoms with Gasteiger partial charge in [0.1, 0.15) is 12.6 Å². The third kappa shape index (κ3) is 12.5. The Morgan fingerprint density at radius 3 is 2.12 bits per heavy atom. The average molecular weight is 814 g/mol. The number of alkyl halides is 3. The first kappa shape index (κ1) is 42.1. The normalized spacial score (nSPS) is 16.6. The Morgan fingerprint density at radius 1 is 0.946 bits per heavy atom. The molecule has 2 aromatic carbocycles. The zero-order chi connectivity index (χ0) is 40.2. The number of hydrogen-bond donors (Lipinski definition) is 3. The fourth-order valence-corrected chi connectivity index (χ4v) is 7.80. The van der Waals surface area contributed by atoms with Gasteiger partial charge in [-0.1, -0.05) is 74.5 Å². The van der Waals surface area contributed by atoms with Crippen LogP contribution in [0.2, 0.25) is 0 Å². The van der Waals surface area contributed by atoms with Crippen molar-refractivity contribution in [3.05, 3.63) is 104 Å². The summed E-state index contributed by atoms with van der Waals surface area (Å²) in [5, 5.41) is 10.7. The van der Waals surface area contributed by atoms with E-state index in [0.717, 1.165) is 21.0 Å². The smallest absolute Gasteiger partial charge is 0.444 e. The molecule has 1 aliphatic heterocycles. The van der Waals surface area contributed by atoms with Crippen molar-refractivity contribution in [3.8, 4) is 0 Å². The van der Waals surface area contributed by atoms with E-state index in [0.29, 0.717) is 31.4 Å². The molecule has 0 spiro atoms. The zero-order valence-electron chi connectivity index (χ0n) is 31.3. The van der Waals surface area contributed by atoms with Gasteiger partial charge in [-0.05, 0) is 43.2 Å². The van der Waals surface area contributed by atoms with Gasteiger partial charge in [0.15, 0.2) is 0 Å². The lowest BCUT2D eigenvalue weighted by Crippen LogP contribution is -2.52. The number of carbonyl (C=O) groups excluding carboxylic acids is 4. The molecular weight excluding hydrogens is 768 g/mol. The maximum atomic E-state index is 14.2. The van der Waals surface area contributed by atoms with E-state index in [1.165, 1.54) is 39.5 Å². The predicted molar refractivity (Wildman–Crippen MR) is 207 cm³/mol. The maximum absolute atomic E-state index is 14.2. The molecule has 1 aliphatic rings. The molecule has 0 aliphatic carbocycles. The highest BCUT2D eigenvalue weighted by Gasteiger charge is 2.45. The summed E-state index contributed by atoms with van der Waals surface area (Å²) in [5.41, 5.74) is 4.20. The summed E-state index contributed by atoms with van der Waals surface area (Å²) < 4.78 is 45.3. The molecule has 3 N–H and O–H groups in total. The molecule has 4 aromatic rings. The van der Waals surface area contributed by atoms with Crippen molar-refractivity contribution in [2.45, 2.75) is 95.4 Å².